The van der Waals surface area contributed by atoms with Crippen LogP contribution in [-0.2, 0) is 32.1 Å². The molecule has 0 saturated heterocycles. The normalized spacial score (nSPS) is 17.8. The first-order valence-electron chi connectivity index (χ1n) is 7.05. The maximum Gasteiger partial charge on any atom is 0.303 e. The molecule has 114 valence electrons. The van der Waals surface area contributed by atoms with Crippen LogP contribution in [0.5, 0.6) is 0 Å². The van der Waals surface area contributed by atoms with Crippen LogP contribution in [0.2, 0.25) is 0 Å². The predicted octanol–water partition coefficient (Wildman–Crippen LogP) is 1.59. The second-order valence-electron chi connectivity index (χ2n) is 5.72. The van der Waals surface area contributed by atoms with Gasteiger partial charge < -0.3 is 14.8 Å². The number of fused-ring (bicyclic) bond motifs is 1. The van der Waals surface area contributed by atoms with Crippen LogP contribution < -0.4 is 5.32 Å². The smallest absolute Gasteiger partial charge is 0.303 e. The van der Waals surface area contributed by atoms with Gasteiger partial charge in [0.1, 0.15) is 0 Å². The van der Waals surface area contributed by atoms with Gasteiger partial charge in [-0.1, -0.05) is 24.3 Å². The second kappa shape index (κ2) is 6.26. The number of hydrogen-bond acceptors (Lipinski definition) is 4. The van der Waals surface area contributed by atoms with Crippen molar-refractivity contribution in [1.29, 1.82) is 0 Å². The fourth-order valence-electron chi connectivity index (χ4n) is 2.37. The summed E-state index contributed by atoms with van der Waals surface area (Å²) in [6.07, 6.45) is 0.710. The Morgan fingerprint density at radius 3 is 2.67 bits per heavy atom. The first-order valence-corrected chi connectivity index (χ1v) is 7.05. The van der Waals surface area contributed by atoms with Crippen molar-refractivity contribution >= 4 is 11.9 Å². The molecule has 0 aromatic heterocycles. The van der Waals surface area contributed by atoms with E-state index < -0.39 is 11.6 Å². The lowest BCUT2D eigenvalue weighted by Gasteiger charge is -2.28. The van der Waals surface area contributed by atoms with Crippen LogP contribution >= 0.6 is 0 Å². The summed E-state index contributed by atoms with van der Waals surface area (Å²) >= 11 is 0. The zero-order valence-corrected chi connectivity index (χ0v) is 12.6. The lowest BCUT2D eigenvalue weighted by atomic mass is 9.99. The quantitative estimate of drug-likeness (QED) is 0.856. The Hall–Kier alpha value is -1.88. The Morgan fingerprint density at radius 1 is 1.33 bits per heavy atom. The molecular formula is C16H21NO4. The van der Waals surface area contributed by atoms with E-state index in [0.717, 1.165) is 6.42 Å². The summed E-state index contributed by atoms with van der Waals surface area (Å²) < 4.78 is 10.7. The van der Waals surface area contributed by atoms with Gasteiger partial charge in [-0.05, 0) is 25.0 Å². The second-order valence-corrected chi connectivity index (χ2v) is 5.72. The number of esters is 1. The van der Waals surface area contributed by atoms with Crippen LogP contribution in [0.4, 0.5) is 0 Å². The molecule has 1 N–H and O–H groups in total. The predicted molar refractivity (Wildman–Crippen MR) is 77.6 cm³/mol. The van der Waals surface area contributed by atoms with Crippen molar-refractivity contribution in [2.75, 3.05) is 6.54 Å². The molecule has 2 rings (SSSR count). The lowest BCUT2D eigenvalue weighted by molar-refractivity contribution is -0.163. The van der Waals surface area contributed by atoms with Crippen LogP contribution in [0.25, 0.3) is 0 Å². The minimum absolute atomic E-state index is 0.0584. The van der Waals surface area contributed by atoms with E-state index >= 15 is 0 Å². The average Bonchev–Trinajstić information content (AvgIpc) is 2.43. The molecule has 1 aliphatic heterocycles. The van der Waals surface area contributed by atoms with E-state index in [9.17, 15) is 9.59 Å². The molecule has 0 spiro atoms. The van der Waals surface area contributed by atoms with Gasteiger partial charge in [0.15, 0.2) is 5.60 Å². The SMILES string of the molecule is CC(=O)OC(C)(C)C(=O)NCC1Cc2ccccc2CO1. The molecule has 1 atom stereocenters. The summed E-state index contributed by atoms with van der Waals surface area (Å²) in [5.74, 6) is -0.793. The third-order valence-electron chi connectivity index (χ3n) is 3.48. The highest BCUT2D eigenvalue weighted by Crippen LogP contribution is 2.20. The number of amides is 1. The van der Waals surface area contributed by atoms with Crippen molar-refractivity contribution in [3.63, 3.8) is 0 Å². The Bertz CT molecular complexity index is 539. The lowest BCUT2D eigenvalue weighted by Crippen LogP contribution is -2.48. The number of hydrogen-bond donors (Lipinski definition) is 1. The fraction of sp³-hybridized carbons (Fsp3) is 0.500. The van der Waals surface area contributed by atoms with Crippen LogP contribution in [0.3, 0.4) is 0 Å². The monoisotopic (exact) mass is 291 g/mol. The Balaban J connectivity index is 1.87. The molecule has 1 aromatic carbocycles. The Kier molecular flexibility index (Phi) is 4.63. The molecular weight excluding hydrogens is 270 g/mol. The minimum Gasteiger partial charge on any atom is -0.450 e. The van der Waals surface area contributed by atoms with Gasteiger partial charge in [0.05, 0.1) is 12.7 Å². The average molecular weight is 291 g/mol. The summed E-state index contributed by atoms with van der Waals surface area (Å²) in [5.41, 5.74) is 1.28. The van der Waals surface area contributed by atoms with Gasteiger partial charge in [-0.25, -0.2) is 0 Å². The molecule has 21 heavy (non-hydrogen) atoms. The van der Waals surface area contributed by atoms with Gasteiger partial charge in [0, 0.05) is 19.9 Å². The Morgan fingerprint density at radius 2 is 2.00 bits per heavy atom. The molecule has 1 aromatic rings. The molecule has 1 aliphatic rings. The van der Waals surface area contributed by atoms with Crippen LogP contribution in [0.15, 0.2) is 24.3 Å². The molecule has 1 unspecified atom stereocenters. The highest BCUT2D eigenvalue weighted by atomic mass is 16.6. The van der Waals surface area contributed by atoms with Crippen LogP contribution in [0.1, 0.15) is 31.9 Å². The number of nitrogens with one attached hydrogen (secondary N) is 1. The van der Waals surface area contributed by atoms with Gasteiger partial charge in [0.2, 0.25) is 0 Å². The zero-order valence-electron chi connectivity index (χ0n) is 12.6. The first kappa shape index (κ1) is 15.5. The molecule has 0 saturated carbocycles. The number of ether oxygens (including phenoxy) is 2. The van der Waals surface area contributed by atoms with Gasteiger partial charge in [0.25, 0.3) is 5.91 Å². The number of carbonyl (C=O) groups excluding carboxylic acids is 2. The van der Waals surface area contributed by atoms with Gasteiger partial charge in [-0.2, -0.15) is 0 Å². The number of carbonyl (C=O) groups is 2. The molecule has 0 bridgehead atoms. The third kappa shape index (κ3) is 4.04. The van der Waals surface area contributed by atoms with E-state index in [1.165, 1.54) is 18.1 Å². The van der Waals surface area contributed by atoms with E-state index in [2.05, 4.69) is 11.4 Å². The van der Waals surface area contributed by atoms with Crippen molar-refractivity contribution in [3.05, 3.63) is 35.4 Å². The topological polar surface area (TPSA) is 64.6 Å². The van der Waals surface area contributed by atoms with Crippen molar-refractivity contribution < 1.29 is 19.1 Å². The van der Waals surface area contributed by atoms with Crippen LogP contribution in [0, 0.1) is 0 Å². The summed E-state index contributed by atoms with van der Waals surface area (Å²) in [6, 6.07) is 8.12. The minimum atomic E-state index is -1.17. The van der Waals surface area contributed by atoms with Gasteiger partial charge in [-0.15, -0.1) is 0 Å². The molecule has 5 heteroatoms. The van der Waals surface area contributed by atoms with Crippen molar-refractivity contribution in [2.45, 2.75) is 45.5 Å². The maximum atomic E-state index is 12.0. The number of benzene rings is 1. The molecule has 1 heterocycles. The van der Waals surface area contributed by atoms with E-state index in [0.29, 0.717) is 13.2 Å². The summed E-state index contributed by atoms with van der Waals surface area (Å²) in [4.78, 5) is 23.0. The van der Waals surface area contributed by atoms with Crippen molar-refractivity contribution in [1.82, 2.24) is 5.32 Å². The molecule has 0 radical (unpaired) electrons. The van der Waals surface area contributed by atoms with E-state index in [1.807, 2.05) is 18.2 Å². The summed E-state index contributed by atoms with van der Waals surface area (Å²) in [5, 5.41) is 2.79. The van der Waals surface area contributed by atoms with Crippen molar-refractivity contribution in [3.8, 4) is 0 Å². The third-order valence-corrected chi connectivity index (χ3v) is 3.48. The highest BCUT2D eigenvalue weighted by molar-refractivity contribution is 5.86. The van der Waals surface area contributed by atoms with E-state index in [4.69, 9.17) is 9.47 Å². The molecule has 1 amide bonds. The van der Waals surface area contributed by atoms with E-state index in [-0.39, 0.29) is 12.0 Å². The standard InChI is InChI=1S/C16H21NO4/c1-11(18)21-16(2,3)15(19)17-9-14-8-12-6-4-5-7-13(12)10-20-14/h4-7,14H,8-10H2,1-3H3,(H,17,19). The van der Waals surface area contributed by atoms with Gasteiger partial charge >= 0.3 is 5.97 Å². The zero-order chi connectivity index (χ0) is 15.5. The highest BCUT2D eigenvalue weighted by Gasteiger charge is 2.31. The largest absolute Gasteiger partial charge is 0.450 e. The van der Waals surface area contributed by atoms with Gasteiger partial charge in [-0.3, -0.25) is 9.59 Å². The van der Waals surface area contributed by atoms with Crippen LogP contribution in [-0.4, -0.2) is 30.1 Å². The Labute approximate surface area is 124 Å². The maximum absolute atomic E-state index is 12.0. The molecule has 0 aliphatic carbocycles. The summed E-state index contributed by atoms with van der Waals surface area (Å²) in [7, 11) is 0. The van der Waals surface area contributed by atoms with Crippen molar-refractivity contribution in [2.24, 2.45) is 0 Å². The molecule has 0 fully saturated rings. The summed E-state index contributed by atoms with van der Waals surface area (Å²) in [6.45, 7) is 5.39. The van der Waals surface area contributed by atoms with E-state index in [1.54, 1.807) is 13.8 Å². The first-order chi connectivity index (χ1) is 9.88. The number of rotatable bonds is 4. The fourth-order valence-corrected chi connectivity index (χ4v) is 2.37. The molecule has 5 nitrogen and oxygen atoms in total.